The van der Waals surface area contributed by atoms with Crippen molar-refractivity contribution in [3.63, 3.8) is 0 Å². The van der Waals surface area contributed by atoms with E-state index in [1.807, 2.05) is 0 Å². The van der Waals surface area contributed by atoms with E-state index in [9.17, 15) is 9.59 Å². The molecule has 1 aromatic carbocycles. The Kier molecular flexibility index (Phi) is 3.34. The molecule has 1 unspecified atom stereocenters. The van der Waals surface area contributed by atoms with Gasteiger partial charge >= 0.3 is 0 Å². The van der Waals surface area contributed by atoms with Crippen LogP contribution in [-0.2, 0) is 4.79 Å². The zero-order valence-corrected chi connectivity index (χ0v) is 8.86. The number of primary amides is 2. The van der Waals surface area contributed by atoms with Gasteiger partial charge in [-0.2, -0.15) is 0 Å². The summed E-state index contributed by atoms with van der Waals surface area (Å²) in [6.45, 7) is 1.57. The first-order valence-corrected chi connectivity index (χ1v) is 4.67. The molecular weight excluding hydrogens is 208 g/mol. The van der Waals surface area contributed by atoms with Crippen molar-refractivity contribution in [3.8, 4) is 0 Å². The minimum Gasteiger partial charge on any atom is -0.397 e. The van der Waals surface area contributed by atoms with Crippen LogP contribution in [0.2, 0.25) is 0 Å². The van der Waals surface area contributed by atoms with Crippen LogP contribution in [0.15, 0.2) is 18.2 Å². The largest absolute Gasteiger partial charge is 0.397 e. The average Bonchev–Trinajstić information content (AvgIpc) is 2.20. The van der Waals surface area contributed by atoms with Crippen LogP contribution in [0.5, 0.6) is 0 Å². The molecule has 1 aromatic rings. The maximum absolute atomic E-state index is 11.1. The third-order valence-electron chi connectivity index (χ3n) is 2.15. The van der Waals surface area contributed by atoms with Gasteiger partial charge in [0.2, 0.25) is 5.91 Å². The van der Waals surface area contributed by atoms with Gasteiger partial charge in [-0.1, -0.05) is 6.07 Å². The van der Waals surface area contributed by atoms with E-state index in [1.54, 1.807) is 19.1 Å². The van der Waals surface area contributed by atoms with E-state index in [2.05, 4.69) is 5.32 Å². The van der Waals surface area contributed by atoms with Crippen molar-refractivity contribution in [2.24, 2.45) is 11.5 Å². The third kappa shape index (κ3) is 2.41. The van der Waals surface area contributed by atoms with Gasteiger partial charge in [0.25, 0.3) is 5.91 Å². The first-order chi connectivity index (χ1) is 7.43. The van der Waals surface area contributed by atoms with E-state index >= 15 is 0 Å². The second kappa shape index (κ2) is 4.52. The van der Waals surface area contributed by atoms with Crippen LogP contribution < -0.4 is 22.5 Å². The molecule has 2 amide bonds. The van der Waals surface area contributed by atoms with Crippen molar-refractivity contribution >= 4 is 23.2 Å². The lowest BCUT2D eigenvalue weighted by Crippen LogP contribution is -2.33. The van der Waals surface area contributed by atoms with Crippen molar-refractivity contribution < 1.29 is 9.59 Å². The number of nitrogens with one attached hydrogen (secondary N) is 1. The lowest BCUT2D eigenvalue weighted by Gasteiger charge is -2.16. The molecular formula is C10H14N4O2. The summed E-state index contributed by atoms with van der Waals surface area (Å²) in [5.74, 6) is -1.16. The molecule has 6 heteroatoms. The molecule has 0 bridgehead atoms. The molecule has 0 aliphatic heterocycles. The number of nitrogen functional groups attached to an aromatic ring is 1. The number of carbonyl (C=O) groups excluding carboxylic acids is 2. The topological polar surface area (TPSA) is 124 Å². The minimum absolute atomic E-state index is 0.230. The van der Waals surface area contributed by atoms with Gasteiger partial charge in [-0.05, 0) is 19.1 Å². The molecule has 0 heterocycles. The summed E-state index contributed by atoms with van der Waals surface area (Å²) in [6, 6.07) is 4.09. The minimum atomic E-state index is -0.636. The second-order valence-corrected chi connectivity index (χ2v) is 3.40. The summed E-state index contributed by atoms with van der Waals surface area (Å²) in [6.07, 6.45) is 0. The fourth-order valence-corrected chi connectivity index (χ4v) is 1.22. The van der Waals surface area contributed by atoms with Crippen molar-refractivity contribution in [1.82, 2.24) is 0 Å². The number of anilines is 2. The monoisotopic (exact) mass is 222 g/mol. The standard InChI is InChI=1S/C10H14N4O2/c1-5(9(12)15)14-8-6(10(13)16)3-2-4-7(8)11/h2-5,14H,11H2,1H3,(H2,12,15)(H2,13,16). The molecule has 0 spiro atoms. The highest BCUT2D eigenvalue weighted by atomic mass is 16.1. The lowest BCUT2D eigenvalue weighted by atomic mass is 10.1. The van der Waals surface area contributed by atoms with Crippen LogP contribution in [0, 0.1) is 0 Å². The first kappa shape index (κ1) is 11.8. The predicted octanol–water partition coefficient (Wildman–Crippen LogP) is -0.347. The van der Waals surface area contributed by atoms with Crippen LogP contribution in [-0.4, -0.2) is 17.9 Å². The number of rotatable bonds is 4. The average molecular weight is 222 g/mol. The molecule has 0 saturated carbocycles. The third-order valence-corrected chi connectivity index (χ3v) is 2.15. The Morgan fingerprint density at radius 3 is 2.44 bits per heavy atom. The number of benzene rings is 1. The van der Waals surface area contributed by atoms with Crippen molar-refractivity contribution in [2.75, 3.05) is 11.1 Å². The summed E-state index contributed by atoms with van der Waals surface area (Å²) in [4.78, 5) is 22.0. The predicted molar refractivity (Wildman–Crippen MR) is 61.7 cm³/mol. The van der Waals surface area contributed by atoms with Gasteiger partial charge in [-0.15, -0.1) is 0 Å². The Labute approximate surface area is 92.8 Å². The summed E-state index contributed by atoms with van der Waals surface area (Å²) in [7, 11) is 0. The number of hydrogen-bond donors (Lipinski definition) is 4. The molecule has 0 aliphatic carbocycles. The molecule has 86 valence electrons. The molecule has 0 aliphatic rings. The highest BCUT2D eigenvalue weighted by Crippen LogP contribution is 2.23. The van der Waals surface area contributed by atoms with E-state index in [1.165, 1.54) is 6.07 Å². The van der Waals surface area contributed by atoms with Crippen LogP contribution >= 0.6 is 0 Å². The van der Waals surface area contributed by atoms with Crippen LogP contribution in [0.1, 0.15) is 17.3 Å². The molecule has 1 atom stereocenters. The Morgan fingerprint density at radius 1 is 1.31 bits per heavy atom. The van der Waals surface area contributed by atoms with Gasteiger partial charge in [0.15, 0.2) is 0 Å². The van der Waals surface area contributed by atoms with E-state index in [4.69, 9.17) is 17.2 Å². The fraction of sp³-hybridized carbons (Fsp3) is 0.200. The van der Waals surface area contributed by atoms with E-state index in [-0.39, 0.29) is 5.56 Å². The smallest absolute Gasteiger partial charge is 0.250 e. The zero-order chi connectivity index (χ0) is 12.3. The Hall–Kier alpha value is -2.24. The van der Waals surface area contributed by atoms with E-state index < -0.39 is 17.9 Å². The second-order valence-electron chi connectivity index (χ2n) is 3.40. The van der Waals surface area contributed by atoms with Crippen LogP contribution in [0.4, 0.5) is 11.4 Å². The summed E-state index contributed by atoms with van der Waals surface area (Å²) in [5, 5.41) is 2.76. The molecule has 0 aromatic heterocycles. The summed E-state index contributed by atoms with van der Waals surface area (Å²) in [5.41, 5.74) is 16.9. The van der Waals surface area contributed by atoms with Gasteiger partial charge in [0.1, 0.15) is 6.04 Å². The Bertz CT molecular complexity index is 431. The van der Waals surface area contributed by atoms with Crippen LogP contribution in [0.3, 0.4) is 0 Å². The normalized spacial score (nSPS) is 11.8. The van der Waals surface area contributed by atoms with Crippen molar-refractivity contribution in [1.29, 1.82) is 0 Å². The van der Waals surface area contributed by atoms with Gasteiger partial charge in [-0.25, -0.2) is 0 Å². The molecule has 0 radical (unpaired) electrons. The molecule has 0 fully saturated rings. The molecule has 1 rings (SSSR count). The number of nitrogens with two attached hydrogens (primary N) is 3. The molecule has 7 N–H and O–H groups in total. The summed E-state index contributed by atoms with van der Waals surface area (Å²) < 4.78 is 0. The summed E-state index contributed by atoms with van der Waals surface area (Å²) >= 11 is 0. The Morgan fingerprint density at radius 2 is 1.94 bits per heavy atom. The molecule has 6 nitrogen and oxygen atoms in total. The molecule has 16 heavy (non-hydrogen) atoms. The van der Waals surface area contributed by atoms with Crippen molar-refractivity contribution in [2.45, 2.75) is 13.0 Å². The fourth-order valence-electron chi connectivity index (χ4n) is 1.22. The number of amides is 2. The van der Waals surface area contributed by atoms with Gasteiger partial charge in [0.05, 0.1) is 16.9 Å². The maximum Gasteiger partial charge on any atom is 0.250 e. The van der Waals surface area contributed by atoms with Gasteiger partial charge in [0, 0.05) is 0 Å². The highest BCUT2D eigenvalue weighted by molar-refractivity contribution is 6.02. The van der Waals surface area contributed by atoms with Gasteiger partial charge in [-0.3, -0.25) is 9.59 Å². The van der Waals surface area contributed by atoms with E-state index in [0.29, 0.717) is 11.4 Å². The Balaban J connectivity index is 3.11. The SMILES string of the molecule is CC(Nc1c(N)cccc1C(N)=O)C(N)=O. The van der Waals surface area contributed by atoms with E-state index in [0.717, 1.165) is 0 Å². The van der Waals surface area contributed by atoms with Crippen molar-refractivity contribution in [3.05, 3.63) is 23.8 Å². The highest BCUT2D eigenvalue weighted by Gasteiger charge is 2.15. The lowest BCUT2D eigenvalue weighted by molar-refractivity contribution is -0.118. The van der Waals surface area contributed by atoms with Gasteiger partial charge < -0.3 is 22.5 Å². The maximum atomic E-state index is 11.1. The quantitative estimate of drug-likeness (QED) is 0.520. The van der Waals surface area contributed by atoms with Crippen LogP contribution in [0.25, 0.3) is 0 Å². The molecule has 0 saturated heterocycles. The number of hydrogen-bond acceptors (Lipinski definition) is 4. The first-order valence-electron chi connectivity index (χ1n) is 4.67. The number of carbonyl (C=O) groups is 2. The number of para-hydroxylation sites is 1. The zero-order valence-electron chi connectivity index (χ0n) is 8.86.